The van der Waals surface area contributed by atoms with Crippen LogP contribution in [0.5, 0.6) is 0 Å². The number of nitrogens with one attached hydrogen (secondary N) is 1. The van der Waals surface area contributed by atoms with E-state index >= 15 is 0 Å². The van der Waals surface area contributed by atoms with Crippen molar-refractivity contribution in [2.45, 2.75) is 38.8 Å². The van der Waals surface area contributed by atoms with Crippen molar-refractivity contribution in [2.75, 3.05) is 6.54 Å². The van der Waals surface area contributed by atoms with Gasteiger partial charge in [-0.2, -0.15) is 0 Å². The van der Waals surface area contributed by atoms with Gasteiger partial charge in [-0.3, -0.25) is 4.79 Å². The lowest BCUT2D eigenvalue weighted by Crippen LogP contribution is -2.46. The van der Waals surface area contributed by atoms with Crippen LogP contribution in [-0.2, 0) is 4.79 Å². The standard InChI is InChI=1S/C13H21N3O/c1-9(2)12(14)13(17)16-8-4-6-11(16)10-5-3-7-15-10/h3,5,7,9,11-12,15H,4,6,8,14H2,1-2H3/t11?,12-/m0/s1. The van der Waals surface area contributed by atoms with Crippen LogP contribution in [0.1, 0.15) is 38.4 Å². The maximum atomic E-state index is 12.3. The fourth-order valence-corrected chi connectivity index (χ4v) is 2.38. The lowest BCUT2D eigenvalue weighted by molar-refractivity contribution is -0.134. The molecule has 1 aromatic rings. The quantitative estimate of drug-likeness (QED) is 0.837. The predicted molar refractivity (Wildman–Crippen MR) is 67.3 cm³/mol. The number of aromatic amines is 1. The van der Waals surface area contributed by atoms with E-state index in [-0.39, 0.29) is 23.9 Å². The van der Waals surface area contributed by atoms with Crippen molar-refractivity contribution < 1.29 is 4.79 Å². The Balaban J connectivity index is 2.12. The van der Waals surface area contributed by atoms with Crippen molar-refractivity contribution in [2.24, 2.45) is 11.7 Å². The van der Waals surface area contributed by atoms with Crippen LogP contribution in [0.4, 0.5) is 0 Å². The van der Waals surface area contributed by atoms with E-state index in [2.05, 4.69) is 4.98 Å². The maximum Gasteiger partial charge on any atom is 0.240 e. The Kier molecular flexibility index (Phi) is 3.52. The minimum absolute atomic E-state index is 0.0806. The summed E-state index contributed by atoms with van der Waals surface area (Å²) in [5, 5.41) is 0. The molecular formula is C13H21N3O. The largest absolute Gasteiger partial charge is 0.363 e. The first-order valence-electron chi connectivity index (χ1n) is 6.30. The molecule has 94 valence electrons. The first kappa shape index (κ1) is 12.2. The van der Waals surface area contributed by atoms with Crippen LogP contribution in [0.25, 0.3) is 0 Å². The Bertz CT molecular complexity index is 372. The molecule has 17 heavy (non-hydrogen) atoms. The lowest BCUT2D eigenvalue weighted by Gasteiger charge is -2.28. The molecule has 1 aliphatic heterocycles. The van der Waals surface area contributed by atoms with Crippen LogP contribution in [-0.4, -0.2) is 28.4 Å². The molecule has 1 amide bonds. The number of aromatic nitrogens is 1. The molecule has 1 unspecified atom stereocenters. The van der Waals surface area contributed by atoms with Gasteiger partial charge in [0.1, 0.15) is 0 Å². The van der Waals surface area contributed by atoms with E-state index in [0.717, 1.165) is 25.1 Å². The number of likely N-dealkylation sites (tertiary alicyclic amines) is 1. The highest BCUT2D eigenvalue weighted by Gasteiger charge is 2.33. The molecule has 4 nitrogen and oxygen atoms in total. The minimum atomic E-state index is -0.384. The highest BCUT2D eigenvalue weighted by molar-refractivity contribution is 5.82. The molecular weight excluding hydrogens is 214 g/mol. The summed E-state index contributed by atoms with van der Waals surface area (Å²) in [7, 11) is 0. The van der Waals surface area contributed by atoms with E-state index in [1.54, 1.807) is 0 Å². The summed E-state index contributed by atoms with van der Waals surface area (Å²) >= 11 is 0. The Hall–Kier alpha value is -1.29. The zero-order valence-corrected chi connectivity index (χ0v) is 10.5. The second-order valence-electron chi connectivity index (χ2n) is 5.08. The van der Waals surface area contributed by atoms with Crippen LogP contribution < -0.4 is 5.73 Å². The first-order valence-corrected chi connectivity index (χ1v) is 6.30. The summed E-state index contributed by atoms with van der Waals surface area (Å²) in [6, 6.07) is 3.81. The summed E-state index contributed by atoms with van der Waals surface area (Å²) in [6.07, 6.45) is 3.98. The second kappa shape index (κ2) is 4.92. The molecule has 2 rings (SSSR count). The molecule has 1 fully saturated rings. The fraction of sp³-hybridized carbons (Fsp3) is 0.615. The van der Waals surface area contributed by atoms with Gasteiger partial charge in [0, 0.05) is 18.4 Å². The van der Waals surface area contributed by atoms with Crippen LogP contribution in [0.2, 0.25) is 0 Å². The Labute approximate surface area is 102 Å². The number of nitrogens with two attached hydrogens (primary N) is 1. The summed E-state index contributed by atoms with van der Waals surface area (Å²) < 4.78 is 0. The molecule has 0 aliphatic carbocycles. The smallest absolute Gasteiger partial charge is 0.240 e. The first-order chi connectivity index (χ1) is 8.11. The van der Waals surface area contributed by atoms with Gasteiger partial charge in [0.05, 0.1) is 12.1 Å². The van der Waals surface area contributed by atoms with Crippen LogP contribution >= 0.6 is 0 Å². The zero-order chi connectivity index (χ0) is 12.4. The van der Waals surface area contributed by atoms with Crippen LogP contribution in [0.3, 0.4) is 0 Å². The number of nitrogens with zero attached hydrogens (tertiary/aromatic N) is 1. The normalized spacial score (nSPS) is 22.1. The Morgan fingerprint density at radius 1 is 1.59 bits per heavy atom. The van der Waals surface area contributed by atoms with Crippen molar-refractivity contribution in [1.82, 2.24) is 9.88 Å². The molecule has 0 saturated carbocycles. The fourth-order valence-electron chi connectivity index (χ4n) is 2.38. The molecule has 1 saturated heterocycles. The monoisotopic (exact) mass is 235 g/mol. The third kappa shape index (κ3) is 2.36. The van der Waals surface area contributed by atoms with Crippen molar-refractivity contribution >= 4 is 5.91 Å². The van der Waals surface area contributed by atoms with Gasteiger partial charge in [-0.25, -0.2) is 0 Å². The minimum Gasteiger partial charge on any atom is -0.363 e. The summed E-state index contributed by atoms with van der Waals surface area (Å²) in [5.41, 5.74) is 7.07. The van der Waals surface area contributed by atoms with Gasteiger partial charge < -0.3 is 15.6 Å². The maximum absolute atomic E-state index is 12.3. The zero-order valence-electron chi connectivity index (χ0n) is 10.5. The van der Waals surface area contributed by atoms with E-state index in [0.29, 0.717) is 0 Å². The SMILES string of the molecule is CC(C)[C@H](N)C(=O)N1CCCC1c1ccc[nH]1. The third-order valence-electron chi connectivity index (χ3n) is 3.52. The summed E-state index contributed by atoms with van der Waals surface area (Å²) in [5.74, 6) is 0.268. The second-order valence-corrected chi connectivity index (χ2v) is 5.08. The van der Waals surface area contributed by atoms with Crippen molar-refractivity contribution in [1.29, 1.82) is 0 Å². The number of amides is 1. The van der Waals surface area contributed by atoms with Crippen molar-refractivity contribution in [3.05, 3.63) is 24.0 Å². The highest BCUT2D eigenvalue weighted by Crippen LogP contribution is 2.31. The van der Waals surface area contributed by atoms with E-state index in [4.69, 9.17) is 5.73 Å². The van der Waals surface area contributed by atoms with E-state index in [1.165, 1.54) is 0 Å². The van der Waals surface area contributed by atoms with Crippen LogP contribution in [0.15, 0.2) is 18.3 Å². The molecule has 3 N–H and O–H groups in total. The van der Waals surface area contributed by atoms with Gasteiger partial charge in [-0.1, -0.05) is 13.8 Å². The molecule has 0 spiro atoms. The Morgan fingerprint density at radius 2 is 2.35 bits per heavy atom. The average molecular weight is 235 g/mol. The summed E-state index contributed by atoms with van der Waals surface area (Å²) in [6.45, 7) is 4.80. The van der Waals surface area contributed by atoms with Crippen LogP contribution in [0, 0.1) is 5.92 Å². The number of H-pyrrole nitrogens is 1. The van der Waals surface area contributed by atoms with Gasteiger partial charge >= 0.3 is 0 Å². The topological polar surface area (TPSA) is 62.1 Å². The number of carbonyl (C=O) groups is 1. The van der Waals surface area contributed by atoms with Crippen molar-refractivity contribution in [3.8, 4) is 0 Å². The molecule has 1 aromatic heterocycles. The molecule has 2 heterocycles. The Morgan fingerprint density at radius 3 is 2.94 bits per heavy atom. The highest BCUT2D eigenvalue weighted by atomic mass is 16.2. The molecule has 0 radical (unpaired) electrons. The van der Waals surface area contributed by atoms with E-state index in [9.17, 15) is 4.79 Å². The van der Waals surface area contributed by atoms with E-state index in [1.807, 2.05) is 37.1 Å². The molecule has 0 aromatic carbocycles. The lowest BCUT2D eigenvalue weighted by atomic mass is 10.0. The summed E-state index contributed by atoms with van der Waals surface area (Å²) in [4.78, 5) is 17.4. The number of hydrogen-bond donors (Lipinski definition) is 2. The van der Waals surface area contributed by atoms with Gasteiger partial charge in [0.2, 0.25) is 5.91 Å². The predicted octanol–water partition coefficient (Wildman–Crippen LogP) is 1.66. The molecule has 2 atom stereocenters. The third-order valence-corrected chi connectivity index (χ3v) is 3.52. The molecule has 1 aliphatic rings. The average Bonchev–Trinajstić information content (AvgIpc) is 2.96. The number of carbonyl (C=O) groups excluding carboxylic acids is 1. The van der Waals surface area contributed by atoms with E-state index < -0.39 is 0 Å². The van der Waals surface area contributed by atoms with Gasteiger partial charge in [-0.15, -0.1) is 0 Å². The number of hydrogen-bond acceptors (Lipinski definition) is 2. The van der Waals surface area contributed by atoms with Gasteiger partial charge in [0.15, 0.2) is 0 Å². The van der Waals surface area contributed by atoms with Gasteiger partial charge in [-0.05, 0) is 30.9 Å². The van der Waals surface area contributed by atoms with Gasteiger partial charge in [0.25, 0.3) is 0 Å². The number of rotatable bonds is 3. The molecule has 0 bridgehead atoms. The van der Waals surface area contributed by atoms with Crippen molar-refractivity contribution in [3.63, 3.8) is 0 Å². The molecule has 4 heteroatoms.